The molecular formula is C16H19ClN4O. The van der Waals surface area contributed by atoms with Gasteiger partial charge in [0.25, 0.3) is 5.91 Å². The average Bonchev–Trinajstić information content (AvgIpc) is 2.47. The molecule has 0 aliphatic rings. The second-order valence-corrected chi connectivity index (χ2v) is 5.89. The van der Waals surface area contributed by atoms with Crippen molar-refractivity contribution in [2.45, 2.75) is 20.8 Å². The Morgan fingerprint density at radius 1 is 1.23 bits per heavy atom. The molecule has 2 aromatic rings. The van der Waals surface area contributed by atoms with Crippen molar-refractivity contribution in [3.8, 4) is 0 Å². The molecule has 1 heterocycles. The van der Waals surface area contributed by atoms with Crippen LogP contribution >= 0.6 is 11.6 Å². The summed E-state index contributed by atoms with van der Waals surface area (Å²) in [5, 5.41) is 6.54. The van der Waals surface area contributed by atoms with Crippen LogP contribution in [-0.2, 0) is 0 Å². The number of nitrogens with one attached hydrogen (secondary N) is 2. The summed E-state index contributed by atoms with van der Waals surface area (Å²) in [6.07, 6.45) is 0. The maximum absolute atomic E-state index is 12.3. The van der Waals surface area contributed by atoms with Gasteiger partial charge in [0.1, 0.15) is 5.69 Å². The Bertz CT molecular complexity index is 656. The minimum atomic E-state index is -0.277. The second-order valence-electron chi connectivity index (χ2n) is 5.45. The van der Waals surface area contributed by atoms with Crippen LogP contribution in [0.15, 0.2) is 30.3 Å². The van der Waals surface area contributed by atoms with Crippen molar-refractivity contribution in [3.05, 3.63) is 46.7 Å². The van der Waals surface area contributed by atoms with Crippen LogP contribution in [0.25, 0.3) is 0 Å². The van der Waals surface area contributed by atoms with Gasteiger partial charge in [-0.05, 0) is 43.2 Å². The van der Waals surface area contributed by atoms with E-state index in [1.54, 1.807) is 30.3 Å². The maximum Gasteiger partial charge on any atom is 0.274 e. The summed E-state index contributed by atoms with van der Waals surface area (Å²) >= 11 is 5.83. The first kappa shape index (κ1) is 16.2. The van der Waals surface area contributed by atoms with Gasteiger partial charge in [0.2, 0.25) is 5.95 Å². The summed E-state index contributed by atoms with van der Waals surface area (Å²) in [5.74, 6) is 0.658. The van der Waals surface area contributed by atoms with E-state index in [1.165, 1.54) is 0 Å². The first-order chi connectivity index (χ1) is 10.4. The van der Waals surface area contributed by atoms with Crippen LogP contribution in [0.4, 0.5) is 11.6 Å². The highest BCUT2D eigenvalue weighted by Gasteiger charge is 2.11. The van der Waals surface area contributed by atoms with E-state index in [0.29, 0.717) is 28.3 Å². The van der Waals surface area contributed by atoms with Crippen molar-refractivity contribution in [3.63, 3.8) is 0 Å². The van der Waals surface area contributed by atoms with E-state index >= 15 is 0 Å². The minimum Gasteiger partial charge on any atom is -0.354 e. The van der Waals surface area contributed by atoms with Gasteiger partial charge in [0.05, 0.1) is 0 Å². The van der Waals surface area contributed by atoms with E-state index in [0.717, 1.165) is 12.2 Å². The number of rotatable bonds is 5. The quantitative estimate of drug-likeness (QED) is 0.881. The van der Waals surface area contributed by atoms with Crippen LogP contribution < -0.4 is 10.6 Å². The molecule has 0 radical (unpaired) electrons. The molecule has 0 saturated heterocycles. The number of benzene rings is 1. The Hall–Kier alpha value is -2.14. The molecule has 1 amide bonds. The number of nitrogens with zero attached hydrogens (tertiary/aromatic N) is 2. The van der Waals surface area contributed by atoms with E-state index in [4.69, 9.17) is 11.6 Å². The second kappa shape index (κ2) is 7.22. The van der Waals surface area contributed by atoms with E-state index in [2.05, 4.69) is 34.4 Å². The molecule has 1 aromatic carbocycles. The van der Waals surface area contributed by atoms with Crippen molar-refractivity contribution in [2.75, 3.05) is 17.2 Å². The molecule has 116 valence electrons. The van der Waals surface area contributed by atoms with Gasteiger partial charge in [-0.3, -0.25) is 4.79 Å². The van der Waals surface area contributed by atoms with Gasteiger partial charge in [0.15, 0.2) is 0 Å². The third kappa shape index (κ3) is 4.70. The zero-order valence-electron chi connectivity index (χ0n) is 12.9. The lowest BCUT2D eigenvalue weighted by molar-refractivity contribution is 0.102. The van der Waals surface area contributed by atoms with Gasteiger partial charge in [0, 0.05) is 22.9 Å². The van der Waals surface area contributed by atoms with E-state index in [9.17, 15) is 4.79 Å². The largest absolute Gasteiger partial charge is 0.354 e. The molecule has 0 aliphatic carbocycles. The lowest BCUT2D eigenvalue weighted by Gasteiger charge is -2.10. The average molecular weight is 319 g/mol. The summed E-state index contributed by atoms with van der Waals surface area (Å²) in [4.78, 5) is 20.8. The lowest BCUT2D eigenvalue weighted by atomic mass is 10.2. The van der Waals surface area contributed by atoms with Crippen molar-refractivity contribution < 1.29 is 4.79 Å². The van der Waals surface area contributed by atoms with Crippen molar-refractivity contribution in [1.82, 2.24) is 9.97 Å². The molecule has 0 bridgehead atoms. The van der Waals surface area contributed by atoms with Gasteiger partial charge in [-0.2, -0.15) is 0 Å². The molecule has 0 atom stereocenters. The molecule has 0 fully saturated rings. The summed E-state index contributed by atoms with van der Waals surface area (Å²) < 4.78 is 0. The first-order valence-electron chi connectivity index (χ1n) is 7.10. The first-order valence-corrected chi connectivity index (χ1v) is 7.48. The van der Waals surface area contributed by atoms with Gasteiger partial charge in [-0.25, -0.2) is 9.97 Å². The predicted molar refractivity (Wildman–Crippen MR) is 89.5 cm³/mol. The van der Waals surface area contributed by atoms with Crippen LogP contribution in [-0.4, -0.2) is 22.4 Å². The van der Waals surface area contributed by atoms with Crippen LogP contribution in [0.1, 0.15) is 30.0 Å². The summed E-state index contributed by atoms with van der Waals surface area (Å²) in [5.41, 5.74) is 1.73. The highest BCUT2D eigenvalue weighted by molar-refractivity contribution is 6.30. The molecule has 0 spiro atoms. The summed E-state index contributed by atoms with van der Waals surface area (Å²) in [6, 6.07) is 8.58. The van der Waals surface area contributed by atoms with Crippen molar-refractivity contribution in [1.29, 1.82) is 0 Å². The Morgan fingerprint density at radius 3 is 2.55 bits per heavy atom. The Balaban J connectivity index is 2.13. The zero-order chi connectivity index (χ0) is 16.1. The standard InChI is InChI=1S/C16H19ClN4O/c1-10(2)9-18-16-19-11(3)8-14(21-16)15(22)20-13-6-4-12(17)5-7-13/h4-8,10H,9H2,1-3H3,(H,20,22)(H,18,19,21). The van der Waals surface area contributed by atoms with Gasteiger partial charge < -0.3 is 10.6 Å². The number of aromatic nitrogens is 2. The third-order valence-corrected chi connectivity index (χ3v) is 3.11. The molecule has 2 rings (SSSR count). The van der Waals surface area contributed by atoms with E-state index in [1.807, 2.05) is 6.92 Å². The van der Waals surface area contributed by atoms with Crippen molar-refractivity contribution in [2.24, 2.45) is 5.92 Å². The van der Waals surface area contributed by atoms with Crippen LogP contribution in [0, 0.1) is 12.8 Å². The van der Waals surface area contributed by atoms with Crippen LogP contribution in [0.3, 0.4) is 0 Å². The summed E-state index contributed by atoms with van der Waals surface area (Å²) in [6.45, 7) is 6.77. The molecule has 0 unspecified atom stereocenters. The van der Waals surface area contributed by atoms with Crippen LogP contribution in [0.2, 0.25) is 5.02 Å². The SMILES string of the molecule is Cc1cc(C(=O)Nc2ccc(Cl)cc2)nc(NCC(C)C)n1. The number of hydrogen-bond acceptors (Lipinski definition) is 4. The van der Waals surface area contributed by atoms with E-state index in [-0.39, 0.29) is 5.91 Å². The molecule has 22 heavy (non-hydrogen) atoms. The molecule has 2 N–H and O–H groups in total. The number of hydrogen-bond donors (Lipinski definition) is 2. The highest BCUT2D eigenvalue weighted by Crippen LogP contribution is 2.15. The Labute approximate surface area is 135 Å². The maximum atomic E-state index is 12.3. The fraction of sp³-hybridized carbons (Fsp3) is 0.312. The number of carbonyl (C=O) groups excluding carboxylic acids is 1. The monoisotopic (exact) mass is 318 g/mol. The molecule has 1 aromatic heterocycles. The smallest absolute Gasteiger partial charge is 0.274 e. The lowest BCUT2D eigenvalue weighted by Crippen LogP contribution is -2.17. The van der Waals surface area contributed by atoms with Crippen LogP contribution in [0.5, 0.6) is 0 Å². The zero-order valence-corrected chi connectivity index (χ0v) is 13.6. The molecular weight excluding hydrogens is 300 g/mol. The molecule has 0 aliphatic heterocycles. The van der Waals surface area contributed by atoms with E-state index < -0.39 is 0 Å². The normalized spacial score (nSPS) is 10.6. The Morgan fingerprint density at radius 2 is 1.91 bits per heavy atom. The molecule has 6 heteroatoms. The number of anilines is 2. The molecule has 0 saturated carbocycles. The molecule has 5 nitrogen and oxygen atoms in total. The fourth-order valence-electron chi connectivity index (χ4n) is 1.79. The number of halogens is 1. The van der Waals surface area contributed by atoms with Gasteiger partial charge in [-0.1, -0.05) is 25.4 Å². The highest BCUT2D eigenvalue weighted by atomic mass is 35.5. The van der Waals surface area contributed by atoms with Gasteiger partial charge >= 0.3 is 0 Å². The fourth-order valence-corrected chi connectivity index (χ4v) is 1.91. The van der Waals surface area contributed by atoms with Crippen molar-refractivity contribution >= 4 is 29.1 Å². The number of carbonyl (C=O) groups is 1. The third-order valence-electron chi connectivity index (χ3n) is 2.86. The topological polar surface area (TPSA) is 66.9 Å². The minimum absolute atomic E-state index is 0.277. The predicted octanol–water partition coefficient (Wildman–Crippen LogP) is 3.76. The Kier molecular flexibility index (Phi) is 5.33. The number of amides is 1. The summed E-state index contributed by atoms with van der Waals surface area (Å²) in [7, 11) is 0. The van der Waals surface area contributed by atoms with Gasteiger partial charge in [-0.15, -0.1) is 0 Å². The number of aryl methyl sites for hydroxylation is 1.